The molecule has 11 atom stereocenters. The van der Waals surface area contributed by atoms with Crippen LogP contribution in [0.15, 0.2) is 91.0 Å². The molecule has 0 aliphatic heterocycles. The van der Waals surface area contributed by atoms with Gasteiger partial charge in [0.1, 0.15) is 0 Å². The van der Waals surface area contributed by atoms with E-state index in [0.717, 1.165) is 65.1 Å². The largest absolute Gasteiger partial charge is 0.134 e. The maximum Gasteiger partial charge on any atom is 0.0434 e. The van der Waals surface area contributed by atoms with Crippen LogP contribution in [0.2, 0.25) is 0 Å². The second-order valence-corrected chi connectivity index (χ2v) is 18.6. The Morgan fingerprint density at radius 1 is 0.408 bits per heavy atom. The Hall–Kier alpha value is -2.90. The standard InChI is InChI=1S/C48H52S/c1-2-11-29(12-3-1)33-17-7-23-42-43-24-8-18-34(48(43)49-47(33)42)32-14-6-13-30(27-32)31-25-26-37-40-21-9-19-38-35-15-4-5-16-36(35)39-20-10-22-41(44(37)28-31)46(39)45(38)40/h1-3,6-8,11-14,17-18,23-24,27,31,35-41,44-46H,4-5,9-10,15-16,19-22,25-26,28H2. The normalized spacial score (nSPS) is 36.5. The highest BCUT2D eigenvalue weighted by Gasteiger charge is 2.62. The summed E-state index contributed by atoms with van der Waals surface area (Å²) in [6.07, 6.45) is 20.0. The Morgan fingerprint density at radius 2 is 0.939 bits per heavy atom. The van der Waals surface area contributed by atoms with Crippen molar-refractivity contribution in [2.75, 3.05) is 0 Å². The topological polar surface area (TPSA) is 0 Å². The molecule has 4 aromatic carbocycles. The SMILES string of the molecule is c1ccc(-c2cccc3c2sc2c(-c4cccc(C5CCC6C(C5)C5CCCC7C8CCCCC8C8CCCC6C8C75)c4)cccc23)cc1. The molecule has 6 fully saturated rings. The number of hydrogen-bond donors (Lipinski definition) is 0. The lowest BCUT2D eigenvalue weighted by Gasteiger charge is -2.67. The fraction of sp³-hybridized carbons (Fsp3) is 0.500. The van der Waals surface area contributed by atoms with Gasteiger partial charge in [-0.15, -0.1) is 11.3 Å². The van der Waals surface area contributed by atoms with E-state index in [4.69, 9.17) is 0 Å². The van der Waals surface area contributed by atoms with Crippen molar-refractivity contribution in [2.24, 2.45) is 59.2 Å². The minimum Gasteiger partial charge on any atom is -0.134 e. The second kappa shape index (κ2) is 11.8. The number of hydrogen-bond acceptors (Lipinski definition) is 1. The zero-order valence-corrected chi connectivity index (χ0v) is 29.9. The summed E-state index contributed by atoms with van der Waals surface area (Å²) in [6, 6.07) is 34.8. The first-order valence-corrected chi connectivity index (χ1v) is 21.2. The minimum absolute atomic E-state index is 0.731. The third kappa shape index (κ3) is 4.59. The Kier molecular flexibility index (Phi) is 7.19. The first-order chi connectivity index (χ1) is 24.3. The zero-order chi connectivity index (χ0) is 32.1. The molecule has 0 amide bonds. The highest BCUT2D eigenvalue weighted by atomic mass is 32.1. The van der Waals surface area contributed by atoms with Crippen molar-refractivity contribution in [1.29, 1.82) is 0 Å². The quantitative estimate of drug-likeness (QED) is 0.181. The Balaban J connectivity index is 0.933. The predicted octanol–water partition coefficient (Wildman–Crippen LogP) is 13.8. The summed E-state index contributed by atoms with van der Waals surface area (Å²) in [6.45, 7) is 0. The van der Waals surface area contributed by atoms with E-state index in [0.29, 0.717) is 0 Å². The lowest BCUT2D eigenvalue weighted by atomic mass is 9.37. The number of rotatable bonds is 3. The molecule has 1 heteroatoms. The lowest BCUT2D eigenvalue weighted by molar-refractivity contribution is -0.188. The van der Waals surface area contributed by atoms with Gasteiger partial charge in [0.15, 0.2) is 0 Å². The molecule has 1 aromatic heterocycles. The second-order valence-electron chi connectivity index (χ2n) is 17.6. The molecule has 0 nitrogen and oxygen atoms in total. The van der Waals surface area contributed by atoms with Crippen molar-refractivity contribution in [3.8, 4) is 22.3 Å². The third-order valence-corrected chi connectivity index (χ3v) is 17.2. The summed E-state index contributed by atoms with van der Waals surface area (Å²) in [5.74, 6) is 11.4. The average molecular weight is 661 g/mol. The molecule has 0 saturated heterocycles. The van der Waals surface area contributed by atoms with Gasteiger partial charge in [-0.1, -0.05) is 117 Å². The molecular formula is C48H52S. The Labute approximate surface area is 297 Å². The summed E-state index contributed by atoms with van der Waals surface area (Å²) in [5.41, 5.74) is 7.14. The van der Waals surface area contributed by atoms with Gasteiger partial charge >= 0.3 is 0 Å². The fourth-order valence-electron chi connectivity index (χ4n) is 14.4. The van der Waals surface area contributed by atoms with Crippen LogP contribution < -0.4 is 0 Å². The van der Waals surface area contributed by atoms with E-state index in [1.807, 2.05) is 11.3 Å². The third-order valence-electron chi connectivity index (χ3n) is 15.9. The molecule has 1 heterocycles. The van der Waals surface area contributed by atoms with Crippen LogP contribution in [-0.4, -0.2) is 0 Å². The van der Waals surface area contributed by atoms with Crippen molar-refractivity contribution in [2.45, 2.75) is 89.4 Å². The van der Waals surface area contributed by atoms with Crippen molar-refractivity contribution < 1.29 is 0 Å². The Bertz CT molecular complexity index is 2000. The molecule has 0 radical (unpaired) electrons. The highest BCUT2D eigenvalue weighted by Crippen LogP contribution is 2.69. The molecule has 11 unspecified atom stereocenters. The smallest absolute Gasteiger partial charge is 0.0434 e. The van der Waals surface area contributed by atoms with Crippen molar-refractivity contribution in [3.63, 3.8) is 0 Å². The van der Waals surface area contributed by atoms with Gasteiger partial charge in [-0.05, 0) is 151 Å². The monoisotopic (exact) mass is 660 g/mol. The van der Waals surface area contributed by atoms with Gasteiger partial charge < -0.3 is 0 Å². The van der Waals surface area contributed by atoms with Gasteiger partial charge in [-0.25, -0.2) is 0 Å². The van der Waals surface area contributed by atoms with Crippen molar-refractivity contribution >= 4 is 31.5 Å². The molecule has 6 aliphatic carbocycles. The number of fused-ring (bicyclic) bond motifs is 9. The van der Waals surface area contributed by atoms with Crippen LogP contribution in [0.4, 0.5) is 0 Å². The summed E-state index contributed by atoms with van der Waals surface area (Å²) in [5, 5.41) is 2.80. The molecule has 0 bridgehead atoms. The summed E-state index contributed by atoms with van der Waals surface area (Å²) in [4.78, 5) is 0. The highest BCUT2D eigenvalue weighted by molar-refractivity contribution is 7.26. The maximum absolute atomic E-state index is 2.63. The fourth-order valence-corrected chi connectivity index (χ4v) is 15.8. The van der Waals surface area contributed by atoms with E-state index in [2.05, 4.69) is 91.0 Å². The van der Waals surface area contributed by atoms with Crippen LogP contribution in [0.25, 0.3) is 42.4 Å². The first-order valence-electron chi connectivity index (χ1n) is 20.4. The van der Waals surface area contributed by atoms with E-state index in [9.17, 15) is 0 Å². The zero-order valence-electron chi connectivity index (χ0n) is 29.1. The molecule has 0 spiro atoms. The van der Waals surface area contributed by atoms with Crippen LogP contribution in [0.3, 0.4) is 0 Å². The first kappa shape index (κ1) is 29.8. The maximum atomic E-state index is 2.63. The van der Waals surface area contributed by atoms with Gasteiger partial charge in [0.2, 0.25) is 0 Å². The summed E-state index contributed by atoms with van der Waals surface area (Å²) < 4.78 is 2.86. The lowest BCUT2D eigenvalue weighted by Crippen LogP contribution is -2.61. The molecule has 49 heavy (non-hydrogen) atoms. The van der Waals surface area contributed by atoms with Gasteiger partial charge in [0, 0.05) is 20.2 Å². The molecule has 6 aliphatic rings. The summed E-state index contributed by atoms with van der Waals surface area (Å²) >= 11 is 2.00. The van der Waals surface area contributed by atoms with Crippen molar-refractivity contribution in [3.05, 3.63) is 96.6 Å². The van der Waals surface area contributed by atoms with Gasteiger partial charge in [0.25, 0.3) is 0 Å². The Morgan fingerprint density at radius 3 is 1.59 bits per heavy atom. The van der Waals surface area contributed by atoms with Crippen LogP contribution in [-0.2, 0) is 0 Å². The molecule has 250 valence electrons. The molecular weight excluding hydrogens is 609 g/mol. The van der Waals surface area contributed by atoms with Crippen LogP contribution >= 0.6 is 11.3 Å². The molecule has 11 rings (SSSR count). The van der Waals surface area contributed by atoms with Crippen LogP contribution in [0.5, 0.6) is 0 Å². The van der Waals surface area contributed by atoms with E-state index < -0.39 is 0 Å². The van der Waals surface area contributed by atoms with Gasteiger partial charge in [-0.2, -0.15) is 0 Å². The number of benzene rings is 4. The van der Waals surface area contributed by atoms with Crippen LogP contribution in [0, 0.1) is 59.2 Å². The minimum atomic E-state index is 0.731. The van der Waals surface area contributed by atoms with Crippen LogP contribution in [0.1, 0.15) is 95.0 Å². The molecule has 6 saturated carbocycles. The predicted molar refractivity (Wildman–Crippen MR) is 208 cm³/mol. The van der Waals surface area contributed by atoms with E-state index in [1.54, 1.807) is 50.5 Å². The van der Waals surface area contributed by atoms with Gasteiger partial charge in [0.05, 0.1) is 0 Å². The van der Waals surface area contributed by atoms with E-state index in [-0.39, 0.29) is 0 Å². The number of thiophene rings is 1. The summed E-state index contributed by atoms with van der Waals surface area (Å²) in [7, 11) is 0. The molecule has 5 aromatic rings. The molecule has 0 N–H and O–H groups in total. The van der Waals surface area contributed by atoms with E-state index >= 15 is 0 Å². The van der Waals surface area contributed by atoms with Crippen molar-refractivity contribution in [1.82, 2.24) is 0 Å². The van der Waals surface area contributed by atoms with E-state index in [1.165, 1.54) is 81.0 Å². The van der Waals surface area contributed by atoms with Gasteiger partial charge in [-0.3, -0.25) is 0 Å². The average Bonchev–Trinajstić information content (AvgIpc) is 3.57.